The summed E-state index contributed by atoms with van der Waals surface area (Å²) in [6.07, 6.45) is 0.286. The largest absolute Gasteiger partial charge is 0.492 e. The van der Waals surface area contributed by atoms with Crippen LogP contribution in [0, 0.1) is 0 Å². The maximum atomic E-state index is 13.4. The van der Waals surface area contributed by atoms with Crippen molar-refractivity contribution in [2.45, 2.75) is 18.6 Å². The summed E-state index contributed by atoms with van der Waals surface area (Å²) in [7, 11) is 6.17. The Morgan fingerprint density at radius 3 is 2.53 bits per heavy atom. The lowest BCUT2D eigenvalue weighted by molar-refractivity contribution is -0.157. The van der Waals surface area contributed by atoms with Gasteiger partial charge in [-0.1, -0.05) is 23.7 Å². The number of amides is 1. The highest BCUT2D eigenvalue weighted by molar-refractivity contribution is 6.30. The van der Waals surface area contributed by atoms with E-state index < -0.39 is 5.60 Å². The van der Waals surface area contributed by atoms with Gasteiger partial charge in [-0.15, -0.1) is 0 Å². The van der Waals surface area contributed by atoms with E-state index >= 15 is 0 Å². The van der Waals surface area contributed by atoms with E-state index in [2.05, 4.69) is 33.9 Å². The molecular weight excluding hydrogens is 504 g/mol. The number of carbonyl (C=O) groups excluding carboxylic acids is 1. The number of likely N-dealkylation sites (N-methyl/N-ethyl adjacent to an activating group) is 2. The summed E-state index contributed by atoms with van der Waals surface area (Å²) in [6, 6.07) is 15.6. The van der Waals surface area contributed by atoms with E-state index in [9.17, 15) is 4.79 Å². The third kappa shape index (κ3) is 8.58. The molecule has 2 heterocycles. The molecule has 0 bridgehead atoms. The first-order valence-electron chi connectivity index (χ1n) is 13.4. The van der Waals surface area contributed by atoms with E-state index in [0.29, 0.717) is 30.5 Å². The highest BCUT2D eigenvalue weighted by Crippen LogP contribution is 2.27. The predicted molar refractivity (Wildman–Crippen MR) is 150 cm³/mol. The van der Waals surface area contributed by atoms with Gasteiger partial charge in [-0.05, 0) is 63.1 Å². The van der Waals surface area contributed by atoms with Crippen LogP contribution in [0.3, 0.4) is 0 Å². The summed E-state index contributed by atoms with van der Waals surface area (Å²) in [6.45, 7) is 7.75. The van der Waals surface area contributed by atoms with Gasteiger partial charge in [0.2, 0.25) is 5.91 Å². The Labute approximate surface area is 232 Å². The fraction of sp³-hybridized carbons (Fsp3) is 0.552. The quantitative estimate of drug-likeness (QED) is 0.431. The smallest absolute Gasteiger partial charge is 0.225 e. The van der Waals surface area contributed by atoms with E-state index in [-0.39, 0.29) is 18.9 Å². The normalized spacial score (nSPS) is 21.0. The molecule has 0 saturated carbocycles. The van der Waals surface area contributed by atoms with Gasteiger partial charge in [0, 0.05) is 57.4 Å². The number of benzene rings is 2. The monoisotopic (exact) mass is 544 g/mol. The molecule has 1 unspecified atom stereocenters. The van der Waals surface area contributed by atoms with E-state index in [1.165, 1.54) is 5.56 Å². The number of piperazine rings is 1. The highest BCUT2D eigenvalue weighted by atomic mass is 35.5. The van der Waals surface area contributed by atoms with Crippen molar-refractivity contribution < 1.29 is 19.0 Å². The van der Waals surface area contributed by atoms with Crippen LogP contribution in [-0.2, 0) is 16.1 Å². The summed E-state index contributed by atoms with van der Waals surface area (Å²) in [5.74, 6) is 1.71. The maximum Gasteiger partial charge on any atom is 0.225 e. The molecule has 2 aliphatic heterocycles. The predicted octanol–water partition coefficient (Wildman–Crippen LogP) is 3.09. The SMILES string of the molecule is CN(C)CCOc1cccc(CN2CCOC(COc3ccc(Cl)cc3)(CC(=O)N3CCN(C)CC3)C2)c1. The molecule has 0 aliphatic carbocycles. The average Bonchev–Trinajstić information content (AvgIpc) is 2.89. The summed E-state index contributed by atoms with van der Waals surface area (Å²) in [5, 5.41) is 0.658. The Morgan fingerprint density at radius 1 is 1.03 bits per heavy atom. The Balaban J connectivity index is 1.44. The summed E-state index contributed by atoms with van der Waals surface area (Å²) in [4.78, 5) is 22.1. The second-order valence-corrected chi connectivity index (χ2v) is 11.1. The van der Waals surface area contributed by atoms with Gasteiger partial charge in [-0.3, -0.25) is 9.69 Å². The molecule has 0 aromatic heterocycles. The molecule has 2 aromatic carbocycles. The number of carbonyl (C=O) groups is 1. The molecule has 4 rings (SSSR count). The molecule has 2 aliphatic rings. The molecule has 1 amide bonds. The zero-order chi connectivity index (χ0) is 27.0. The van der Waals surface area contributed by atoms with Crippen molar-refractivity contribution in [1.82, 2.24) is 19.6 Å². The molecule has 8 nitrogen and oxygen atoms in total. The summed E-state index contributed by atoms with van der Waals surface area (Å²) < 4.78 is 18.5. The van der Waals surface area contributed by atoms with Crippen LogP contribution in [-0.4, -0.2) is 118 Å². The van der Waals surface area contributed by atoms with Crippen molar-refractivity contribution in [2.75, 3.05) is 86.8 Å². The van der Waals surface area contributed by atoms with Crippen LogP contribution in [0.1, 0.15) is 12.0 Å². The molecule has 2 aromatic rings. The molecule has 2 saturated heterocycles. The Hall–Kier alpha value is -2.36. The molecule has 38 heavy (non-hydrogen) atoms. The van der Waals surface area contributed by atoms with Crippen molar-refractivity contribution in [1.29, 1.82) is 0 Å². The maximum absolute atomic E-state index is 13.4. The standard InChI is InChI=1S/C29H41ClN4O4/c1-31(2)15-17-36-27-6-4-5-24(19-27)21-33-16-18-38-29(22-33,23-37-26-9-7-25(30)8-10-26)20-28(35)34-13-11-32(3)12-14-34/h4-10,19H,11-18,20-23H2,1-3H3. The molecule has 208 valence electrons. The Morgan fingerprint density at radius 2 is 1.79 bits per heavy atom. The molecule has 0 spiro atoms. The minimum absolute atomic E-state index is 0.121. The first kappa shape index (κ1) is 28.6. The Bertz CT molecular complexity index is 1030. The van der Waals surface area contributed by atoms with E-state index in [4.69, 9.17) is 25.8 Å². The van der Waals surface area contributed by atoms with Crippen LogP contribution in [0.5, 0.6) is 11.5 Å². The number of hydrogen-bond acceptors (Lipinski definition) is 7. The van der Waals surface area contributed by atoms with Crippen molar-refractivity contribution in [3.05, 3.63) is 59.1 Å². The lowest BCUT2D eigenvalue weighted by atomic mass is 9.96. The first-order valence-corrected chi connectivity index (χ1v) is 13.8. The third-order valence-corrected chi connectivity index (χ3v) is 7.34. The number of morpholine rings is 1. The Kier molecular flexibility index (Phi) is 10.3. The summed E-state index contributed by atoms with van der Waals surface area (Å²) in [5.41, 5.74) is 0.435. The van der Waals surface area contributed by atoms with E-state index in [1.54, 1.807) is 12.1 Å². The van der Waals surface area contributed by atoms with Crippen molar-refractivity contribution >= 4 is 17.5 Å². The molecule has 0 N–H and O–H groups in total. The van der Waals surface area contributed by atoms with Gasteiger partial charge in [0.15, 0.2) is 0 Å². The zero-order valence-corrected chi connectivity index (χ0v) is 23.7. The second kappa shape index (κ2) is 13.6. The topological polar surface area (TPSA) is 57.7 Å². The fourth-order valence-corrected chi connectivity index (χ4v) is 4.96. The fourth-order valence-electron chi connectivity index (χ4n) is 4.83. The molecule has 0 radical (unpaired) electrons. The number of rotatable bonds is 11. The van der Waals surface area contributed by atoms with Crippen LogP contribution in [0.15, 0.2) is 48.5 Å². The van der Waals surface area contributed by atoms with Gasteiger partial charge >= 0.3 is 0 Å². The van der Waals surface area contributed by atoms with Crippen molar-refractivity contribution in [3.63, 3.8) is 0 Å². The first-order chi connectivity index (χ1) is 18.3. The molecule has 2 fully saturated rings. The zero-order valence-electron chi connectivity index (χ0n) is 22.9. The lowest BCUT2D eigenvalue weighted by Gasteiger charge is -2.43. The summed E-state index contributed by atoms with van der Waals surface area (Å²) >= 11 is 6.05. The van der Waals surface area contributed by atoms with Crippen molar-refractivity contribution in [3.8, 4) is 11.5 Å². The molecule has 1 atom stereocenters. The number of hydrogen-bond donors (Lipinski definition) is 0. The van der Waals surface area contributed by atoms with Gasteiger partial charge in [-0.25, -0.2) is 0 Å². The van der Waals surface area contributed by atoms with Gasteiger partial charge in [-0.2, -0.15) is 0 Å². The van der Waals surface area contributed by atoms with Crippen LogP contribution >= 0.6 is 11.6 Å². The van der Waals surface area contributed by atoms with E-state index in [0.717, 1.165) is 51.6 Å². The number of ether oxygens (including phenoxy) is 3. The molecule has 9 heteroatoms. The lowest BCUT2D eigenvalue weighted by Crippen LogP contribution is -2.58. The van der Waals surface area contributed by atoms with Crippen LogP contribution in [0.2, 0.25) is 5.02 Å². The highest BCUT2D eigenvalue weighted by Gasteiger charge is 2.41. The average molecular weight is 545 g/mol. The number of nitrogens with zero attached hydrogens (tertiary/aromatic N) is 4. The van der Waals surface area contributed by atoms with Crippen LogP contribution in [0.4, 0.5) is 0 Å². The minimum atomic E-state index is -0.738. The third-order valence-electron chi connectivity index (χ3n) is 7.08. The second-order valence-electron chi connectivity index (χ2n) is 10.6. The van der Waals surface area contributed by atoms with Crippen LogP contribution in [0.25, 0.3) is 0 Å². The molecular formula is C29H41ClN4O4. The van der Waals surface area contributed by atoms with Gasteiger partial charge in [0.1, 0.15) is 30.3 Å². The van der Waals surface area contributed by atoms with E-state index in [1.807, 2.05) is 43.3 Å². The van der Waals surface area contributed by atoms with Crippen LogP contribution < -0.4 is 9.47 Å². The number of halogens is 1. The van der Waals surface area contributed by atoms with Crippen molar-refractivity contribution in [2.24, 2.45) is 0 Å². The minimum Gasteiger partial charge on any atom is -0.492 e. The van der Waals surface area contributed by atoms with Gasteiger partial charge < -0.3 is 28.9 Å². The van der Waals surface area contributed by atoms with Gasteiger partial charge in [0.05, 0.1) is 13.0 Å². The van der Waals surface area contributed by atoms with Gasteiger partial charge in [0.25, 0.3) is 0 Å².